The molecule has 0 fully saturated rings. The molecule has 31 heavy (non-hydrogen) atoms. The first kappa shape index (κ1) is 18.6. The lowest BCUT2D eigenvalue weighted by molar-refractivity contribution is 0.159. The second-order valence-electron chi connectivity index (χ2n) is 8.39. The Morgan fingerprint density at radius 1 is 0.935 bits per heavy atom. The van der Waals surface area contributed by atoms with E-state index in [1.807, 2.05) is 18.2 Å². The molecule has 6 rings (SSSR count). The zero-order valence-electron chi connectivity index (χ0n) is 17.6. The van der Waals surface area contributed by atoms with Gasteiger partial charge in [-0.25, -0.2) is 0 Å². The Morgan fingerprint density at radius 3 is 2.58 bits per heavy atom. The molecule has 3 aromatic carbocycles. The Hall–Kier alpha value is -3.18. The average Bonchev–Trinajstić information content (AvgIpc) is 3.27. The predicted octanol–water partition coefficient (Wildman–Crippen LogP) is 4.66. The molecule has 5 heteroatoms. The van der Waals surface area contributed by atoms with Crippen molar-refractivity contribution in [3.8, 4) is 23.0 Å². The fourth-order valence-corrected chi connectivity index (χ4v) is 4.99. The summed E-state index contributed by atoms with van der Waals surface area (Å²) in [5.74, 6) is 3.35. The molecular formula is C26H25NO4. The summed E-state index contributed by atoms with van der Waals surface area (Å²) >= 11 is 0. The Balaban J connectivity index is 1.30. The Kier molecular flexibility index (Phi) is 4.50. The number of nitrogens with zero attached hydrogens (tertiary/aromatic N) is 1. The third-order valence-corrected chi connectivity index (χ3v) is 6.61. The van der Waals surface area contributed by atoms with E-state index in [-0.39, 0.29) is 0 Å². The molecule has 0 saturated heterocycles. The zero-order chi connectivity index (χ0) is 20.8. The van der Waals surface area contributed by atoms with Crippen LogP contribution in [0.4, 0.5) is 0 Å². The van der Waals surface area contributed by atoms with Crippen LogP contribution in [0.1, 0.15) is 33.9 Å². The van der Waals surface area contributed by atoms with Gasteiger partial charge in [0.05, 0.1) is 7.11 Å². The van der Waals surface area contributed by atoms with Crippen LogP contribution in [0, 0.1) is 0 Å². The van der Waals surface area contributed by atoms with Crippen LogP contribution in [0.3, 0.4) is 0 Å². The molecule has 3 aromatic rings. The maximum Gasteiger partial charge on any atom is 0.231 e. The van der Waals surface area contributed by atoms with Gasteiger partial charge in [-0.1, -0.05) is 30.3 Å². The van der Waals surface area contributed by atoms with E-state index in [1.54, 1.807) is 7.11 Å². The van der Waals surface area contributed by atoms with Gasteiger partial charge < -0.3 is 18.9 Å². The fourth-order valence-electron chi connectivity index (χ4n) is 4.99. The van der Waals surface area contributed by atoms with E-state index in [0.717, 1.165) is 54.5 Å². The van der Waals surface area contributed by atoms with Crippen LogP contribution in [0.15, 0.2) is 54.6 Å². The first-order chi connectivity index (χ1) is 15.3. The average molecular weight is 415 g/mol. The minimum Gasteiger partial charge on any atom is -0.493 e. The van der Waals surface area contributed by atoms with Gasteiger partial charge in [0.2, 0.25) is 6.79 Å². The van der Waals surface area contributed by atoms with Crippen molar-refractivity contribution < 1.29 is 18.9 Å². The molecule has 0 radical (unpaired) electrons. The number of hydrogen-bond donors (Lipinski definition) is 0. The minimum absolute atomic E-state index is 0.318. The molecule has 0 unspecified atom stereocenters. The van der Waals surface area contributed by atoms with Crippen LogP contribution in [0.25, 0.3) is 0 Å². The van der Waals surface area contributed by atoms with Crippen molar-refractivity contribution in [1.82, 2.24) is 4.90 Å². The van der Waals surface area contributed by atoms with Gasteiger partial charge in [-0.3, -0.25) is 4.90 Å². The summed E-state index contributed by atoms with van der Waals surface area (Å²) in [6.45, 7) is 2.81. The molecule has 3 aliphatic heterocycles. The maximum absolute atomic E-state index is 6.15. The molecule has 0 N–H and O–H groups in total. The lowest BCUT2D eigenvalue weighted by atomic mass is 9.83. The van der Waals surface area contributed by atoms with E-state index < -0.39 is 0 Å². The van der Waals surface area contributed by atoms with E-state index >= 15 is 0 Å². The number of methoxy groups -OCH3 is 1. The monoisotopic (exact) mass is 415 g/mol. The first-order valence-corrected chi connectivity index (χ1v) is 10.8. The minimum atomic E-state index is 0.318. The van der Waals surface area contributed by atoms with E-state index in [4.69, 9.17) is 18.9 Å². The highest BCUT2D eigenvalue weighted by atomic mass is 16.7. The van der Waals surface area contributed by atoms with Crippen molar-refractivity contribution in [2.75, 3.05) is 20.4 Å². The van der Waals surface area contributed by atoms with Crippen molar-refractivity contribution in [1.29, 1.82) is 0 Å². The summed E-state index contributed by atoms with van der Waals surface area (Å²) in [6.07, 6.45) is 1.99. The van der Waals surface area contributed by atoms with E-state index in [0.29, 0.717) is 19.4 Å². The highest BCUT2D eigenvalue weighted by Crippen LogP contribution is 2.45. The van der Waals surface area contributed by atoms with Crippen molar-refractivity contribution in [3.63, 3.8) is 0 Å². The third kappa shape index (κ3) is 3.29. The largest absolute Gasteiger partial charge is 0.493 e. The number of rotatable bonds is 4. The summed E-state index contributed by atoms with van der Waals surface area (Å²) in [5, 5.41) is 0. The summed E-state index contributed by atoms with van der Waals surface area (Å²) in [4.78, 5) is 2.57. The second-order valence-corrected chi connectivity index (χ2v) is 8.39. The van der Waals surface area contributed by atoms with Gasteiger partial charge in [-0.15, -0.1) is 0 Å². The van der Waals surface area contributed by atoms with Crippen molar-refractivity contribution >= 4 is 0 Å². The van der Waals surface area contributed by atoms with Crippen molar-refractivity contribution in [2.24, 2.45) is 0 Å². The Morgan fingerprint density at radius 2 is 1.74 bits per heavy atom. The number of hydrogen-bond acceptors (Lipinski definition) is 5. The molecule has 0 aromatic heterocycles. The van der Waals surface area contributed by atoms with Crippen molar-refractivity contribution in [2.45, 2.75) is 32.0 Å². The summed E-state index contributed by atoms with van der Waals surface area (Å²) in [6, 6.07) is 19.3. The molecule has 3 aliphatic rings. The quantitative estimate of drug-likeness (QED) is 0.620. The van der Waals surface area contributed by atoms with Crippen LogP contribution in [-0.4, -0.2) is 25.3 Å². The molecule has 5 nitrogen and oxygen atoms in total. The van der Waals surface area contributed by atoms with Crippen LogP contribution in [-0.2, 0) is 26.0 Å². The van der Waals surface area contributed by atoms with Crippen LogP contribution in [0.5, 0.6) is 23.0 Å². The molecule has 0 bridgehead atoms. The van der Waals surface area contributed by atoms with Crippen LogP contribution >= 0.6 is 0 Å². The van der Waals surface area contributed by atoms with Gasteiger partial charge in [0.15, 0.2) is 23.0 Å². The Bertz CT molecular complexity index is 1130. The standard InChI is InChI=1S/C26H25NO4/c1-28-23-11-19-9-22-21-13-26-25(30-16-31-26)10-18(21)7-8-27(22)14-20(19)12-24(23)29-15-17-5-3-2-4-6-17/h2-6,10-13,22H,7-9,14-16H2,1H3/t22-/m0/s1. The normalized spacial score (nSPS) is 18.7. The van der Waals surface area contributed by atoms with Gasteiger partial charge >= 0.3 is 0 Å². The Labute approximate surface area is 182 Å². The molecule has 0 spiro atoms. The molecule has 3 heterocycles. The molecular weight excluding hydrogens is 390 g/mol. The highest BCUT2D eigenvalue weighted by molar-refractivity contribution is 5.53. The fraction of sp³-hybridized carbons (Fsp3) is 0.308. The van der Waals surface area contributed by atoms with E-state index in [9.17, 15) is 0 Å². The lowest BCUT2D eigenvalue weighted by Gasteiger charge is -2.41. The molecule has 0 saturated carbocycles. The summed E-state index contributed by atoms with van der Waals surface area (Å²) < 4.78 is 23.1. The predicted molar refractivity (Wildman–Crippen MR) is 117 cm³/mol. The van der Waals surface area contributed by atoms with Crippen LogP contribution in [0.2, 0.25) is 0 Å². The van der Waals surface area contributed by atoms with Gasteiger partial charge in [-0.05, 0) is 64.9 Å². The van der Waals surface area contributed by atoms with Gasteiger partial charge in [-0.2, -0.15) is 0 Å². The molecule has 1 atom stereocenters. The van der Waals surface area contributed by atoms with E-state index in [1.165, 1.54) is 22.3 Å². The molecule has 0 aliphatic carbocycles. The summed E-state index contributed by atoms with van der Waals surface area (Å²) in [7, 11) is 1.71. The van der Waals surface area contributed by atoms with Gasteiger partial charge in [0, 0.05) is 19.1 Å². The van der Waals surface area contributed by atoms with Crippen LogP contribution < -0.4 is 18.9 Å². The second kappa shape index (κ2) is 7.50. The number of fused-ring (bicyclic) bond motifs is 5. The smallest absolute Gasteiger partial charge is 0.231 e. The third-order valence-electron chi connectivity index (χ3n) is 6.61. The summed E-state index contributed by atoms with van der Waals surface area (Å²) in [5.41, 5.74) is 6.54. The van der Waals surface area contributed by atoms with E-state index in [2.05, 4.69) is 41.3 Å². The topological polar surface area (TPSA) is 40.2 Å². The van der Waals surface area contributed by atoms with Crippen molar-refractivity contribution in [3.05, 3.63) is 82.4 Å². The van der Waals surface area contributed by atoms with Gasteiger partial charge in [0.25, 0.3) is 0 Å². The molecule has 0 amide bonds. The SMILES string of the molecule is COc1cc2c(cc1OCc1ccccc1)CN1CCc3cc4c(cc3[C@@H]1C2)OCO4. The number of benzene rings is 3. The maximum atomic E-state index is 6.15. The first-order valence-electron chi connectivity index (χ1n) is 10.8. The molecule has 158 valence electrons. The number of ether oxygens (including phenoxy) is 4. The lowest BCUT2D eigenvalue weighted by Crippen LogP contribution is -2.39. The highest BCUT2D eigenvalue weighted by Gasteiger charge is 2.34. The zero-order valence-corrected chi connectivity index (χ0v) is 17.6. The van der Waals surface area contributed by atoms with Gasteiger partial charge in [0.1, 0.15) is 6.61 Å².